The fourth-order valence-corrected chi connectivity index (χ4v) is 1.69. The number of hydrogen-bond donors (Lipinski definition) is 2. The van der Waals surface area contributed by atoms with Gasteiger partial charge in [0.15, 0.2) is 5.96 Å². The summed E-state index contributed by atoms with van der Waals surface area (Å²) in [6.45, 7) is 7.25. The fraction of sp³-hybridized carbons (Fsp3) is 0.562. The smallest absolute Gasteiger partial charge is 0.188 e. The molecule has 1 aromatic carbocycles. The molecule has 0 aliphatic heterocycles. The molecule has 0 saturated carbocycles. The van der Waals surface area contributed by atoms with E-state index in [4.69, 9.17) is 15.2 Å². The zero-order valence-electron chi connectivity index (χ0n) is 13.5. The highest BCUT2D eigenvalue weighted by Gasteiger charge is 1.95. The van der Waals surface area contributed by atoms with Crippen molar-refractivity contribution in [1.82, 2.24) is 5.32 Å². The molecule has 1 rings (SSSR count). The maximum atomic E-state index is 5.69. The molecule has 22 heavy (non-hydrogen) atoms. The summed E-state index contributed by atoms with van der Waals surface area (Å²) in [6, 6.07) is 10.4. The van der Waals surface area contributed by atoms with Gasteiger partial charge in [-0.25, -0.2) is 0 Å². The third kappa shape index (κ3) is 11.8. The number of guanidine groups is 1. The van der Waals surface area contributed by atoms with Crippen LogP contribution in [0.4, 0.5) is 0 Å². The molecule has 1 aromatic rings. The number of halogens is 1. The molecule has 0 heterocycles. The Hall–Kier alpha value is -0.860. The molecular weight excluding hydrogens is 393 g/mol. The summed E-state index contributed by atoms with van der Waals surface area (Å²) in [5.74, 6) is 0.496. The van der Waals surface area contributed by atoms with Crippen molar-refractivity contribution in [2.24, 2.45) is 10.7 Å². The number of nitrogens with zero attached hydrogens (tertiary/aromatic N) is 1. The molecule has 0 spiro atoms. The van der Waals surface area contributed by atoms with Crippen LogP contribution in [0.5, 0.6) is 0 Å². The largest absolute Gasteiger partial charge is 0.379 e. The molecule has 3 N–H and O–H groups in total. The van der Waals surface area contributed by atoms with Crippen molar-refractivity contribution in [1.29, 1.82) is 0 Å². The molecular formula is C16H28IN3O2. The summed E-state index contributed by atoms with van der Waals surface area (Å²) >= 11 is 0. The standard InChI is InChI=1S/C16H27N3O2.HI/c1-14(2)19-16(17)18-9-6-10-20-11-12-21-13-15-7-4-3-5-8-15;/h3-5,7-8,14H,6,9-13H2,1-2H3,(H3,17,18,19);1H. The van der Waals surface area contributed by atoms with E-state index in [1.807, 2.05) is 32.0 Å². The molecule has 126 valence electrons. The summed E-state index contributed by atoms with van der Waals surface area (Å²) in [7, 11) is 0. The second-order valence-electron chi connectivity index (χ2n) is 5.07. The molecule has 0 aromatic heterocycles. The SMILES string of the molecule is CC(C)NC(N)=NCCCOCCOCc1ccccc1.I. The van der Waals surface area contributed by atoms with Gasteiger partial charge in [-0.15, -0.1) is 24.0 Å². The molecule has 0 radical (unpaired) electrons. The van der Waals surface area contributed by atoms with Gasteiger partial charge in [0.1, 0.15) is 0 Å². The molecule has 0 atom stereocenters. The van der Waals surface area contributed by atoms with E-state index >= 15 is 0 Å². The predicted molar refractivity (Wildman–Crippen MR) is 102 cm³/mol. The molecule has 0 bridgehead atoms. The van der Waals surface area contributed by atoms with Crippen molar-refractivity contribution >= 4 is 29.9 Å². The van der Waals surface area contributed by atoms with Gasteiger partial charge in [0, 0.05) is 19.2 Å². The van der Waals surface area contributed by atoms with Crippen LogP contribution in [0, 0.1) is 0 Å². The van der Waals surface area contributed by atoms with E-state index in [2.05, 4.69) is 22.4 Å². The first-order valence-corrected chi connectivity index (χ1v) is 7.44. The van der Waals surface area contributed by atoms with Crippen molar-refractivity contribution in [3.8, 4) is 0 Å². The number of nitrogens with two attached hydrogens (primary N) is 1. The minimum Gasteiger partial charge on any atom is -0.379 e. The van der Waals surface area contributed by atoms with E-state index in [0.29, 0.717) is 45.0 Å². The van der Waals surface area contributed by atoms with Gasteiger partial charge in [0.2, 0.25) is 0 Å². The quantitative estimate of drug-likeness (QED) is 0.264. The van der Waals surface area contributed by atoms with E-state index in [9.17, 15) is 0 Å². The van der Waals surface area contributed by atoms with Crippen LogP contribution < -0.4 is 11.1 Å². The van der Waals surface area contributed by atoms with E-state index in [1.54, 1.807) is 0 Å². The maximum absolute atomic E-state index is 5.69. The lowest BCUT2D eigenvalue weighted by atomic mass is 10.2. The third-order valence-electron chi connectivity index (χ3n) is 2.65. The van der Waals surface area contributed by atoms with Crippen LogP contribution in [-0.2, 0) is 16.1 Å². The van der Waals surface area contributed by atoms with Gasteiger partial charge in [0.05, 0.1) is 19.8 Å². The highest BCUT2D eigenvalue weighted by molar-refractivity contribution is 14.0. The summed E-state index contributed by atoms with van der Waals surface area (Å²) in [6.07, 6.45) is 0.860. The normalized spacial score (nSPS) is 11.3. The average molecular weight is 421 g/mol. The first-order chi connectivity index (χ1) is 10.2. The number of nitrogens with one attached hydrogen (secondary N) is 1. The first-order valence-electron chi connectivity index (χ1n) is 7.44. The van der Waals surface area contributed by atoms with E-state index < -0.39 is 0 Å². The number of hydrogen-bond acceptors (Lipinski definition) is 3. The Balaban J connectivity index is 0.00000441. The Kier molecular flexibility index (Phi) is 13.2. The van der Waals surface area contributed by atoms with Gasteiger partial charge in [-0.1, -0.05) is 30.3 Å². The molecule has 6 heteroatoms. The third-order valence-corrected chi connectivity index (χ3v) is 2.65. The van der Waals surface area contributed by atoms with E-state index in [-0.39, 0.29) is 24.0 Å². The molecule has 0 aliphatic rings. The minimum atomic E-state index is 0. The Bertz CT molecular complexity index is 400. The summed E-state index contributed by atoms with van der Waals surface area (Å²) in [5.41, 5.74) is 6.87. The molecule has 0 saturated heterocycles. The van der Waals surface area contributed by atoms with Crippen LogP contribution in [0.1, 0.15) is 25.8 Å². The summed E-state index contributed by atoms with van der Waals surface area (Å²) in [4.78, 5) is 4.21. The molecule has 0 aliphatic carbocycles. The van der Waals surface area contributed by atoms with Crippen LogP contribution in [0.2, 0.25) is 0 Å². The van der Waals surface area contributed by atoms with E-state index in [0.717, 1.165) is 6.42 Å². The number of aliphatic imine (C=N–C) groups is 1. The second kappa shape index (κ2) is 13.8. The lowest BCUT2D eigenvalue weighted by molar-refractivity contribution is 0.0403. The van der Waals surface area contributed by atoms with Gasteiger partial charge in [-0.05, 0) is 25.8 Å². The molecule has 0 fully saturated rings. The Labute approximate surface area is 150 Å². The van der Waals surface area contributed by atoms with Crippen molar-refractivity contribution in [3.63, 3.8) is 0 Å². The van der Waals surface area contributed by atoms with Crippen LogP contribution in [-0.4, -0.2) is 38.4 Å². The Morgan fingerprint density at radius 1 is 1.14 bits per heavy atom. The van der Waals surface area contributed by atoms with Crippen LogP contribution in [0.15, 0.2) is 35.3 Å². The van der Waals surface area contributed by atoms with Gasteiger partial charge in [-0.2, -0.15) is 0 Å². The minimum absolute atomic E-state index is 0. The van der Waals surface area contributed by atoms with Crippen molar-refractivity contribution in [2.45, 2.75) is 32.9 Å². The zero-order valence-corrected chi connectivity index (χ0v) is 15.8. The van der Waals surface area contributed by atoms with Gasteiger partial charge in [0.25, 0.3) is 0 Å². The lowest BCUT2D eigenvalue weighted by Crippen LogP contribution is -2.36. The highest BCUT2D eigenvalue weighted by atomic mass is 127. The second-order valence-corrected chi connectivity index (χ2v) is 5.07. The van der Waals surface area contributed by atoms with Crippen molar-refractivity contribution in [2.75, 3.05) is 26.4 Å². The van der Waals surface area contributed by atoms with Gasteiger partial charge in [-0.3, -0.25) is 4.99 Å². The number of benzene rings is 1. The average Bonchev–Trinajstić information content (AvgIpc) is 2.46. The molecule has 5 nitrogen and oxygen atoms in total. The van der Waals surface area contributed by atoms with Gasteiger partial charge >= 0.3 is 0 Å². The Morgan fingerprint density at radius 2 is 1.82 bits per heavy atom. The Morgan fingerprint density at radius 3 is 2.50 bits per heavy atom. The highest BCUT2D eigenvalue weighted by Crippen LogP contribution is 2.00. The monoisotopic (exact) mass is 421 g/mol. The summed E-state index contributed by atoms with van der Waals surface area (Å²) in [5, 5.41) is 3.04. The first kappa shape index (κ1) is 21.1. The van der Waals surface area contributed by atoms with Crippen LogP contribution in [0.3, 0.4) is 0 Å². The van der Waals surface area contributed by atoms with Crippen molar-refractivity contribution < 1.29 is 9.47 Å². The maximum Gasteiger partial charge on any atom is 0.188 e. The number of ether oxygens (including phenoxy) is 2. The van der Waals surface area contributed by atoms with Crippen molar-refractivity contribution in [3.05, 3.63) is 35.9 Å². The van der Waals surface area contributed by atoms with E-state index in [1.165, 1.54) is 5.56 Å². The topological polar surface area (TPSA) is 68.9 Å². The van der Waals surface area contributed by atoms with Crippen LogP contribution >= 0.6 is 24.0 Å². The molecule has 0 amide bonds. The van der Waals surface area contributed by atoms with Gasteiger partial charge < -0.3 is 20.5 Å². The lowest BCUT2D eigenvalue weighted by Gasteiger charge is -2.08. The summed E-state index contributed by atoms with van der Waals surface area (Å²) < 4.78 is 11.0. The zero-order chi connectivity index (χ0) is 15.3. The van der Waals surface area contributed by atoms with Crippen LogP contribution in [0.25, 0.3) is 0 Å². The molecule has 0 unspecified atom stereocenters. The number of rotatable bonds is 10. The predicted octanol–water partition coefficient (Wildman–Crippen LogP) is 2.54. The fourth-order valence-electron chi connectivity index (χ4n) is 1.69.